The lowest BCUT2D eigenvalue weighted by Gasteiger charge is -2.36. The third kappa shape index (κ3) is 3.01. The number of fused-ring (bicyclic) bond motifs is 3. The first-order chi connectivity index (χ1) is 13.7. The van der Waals surface area contributed by atoms with Gasteiger partial charge in [0.15, 0.2) is 0 Å². The number of rotatable bonds is 3. The van der Waals surface area contributed by atoms with Gasteiger partial charge in [-0.05, 0) is 59.9 Å². The van der Waals surface area contributed by atoms with Crippen LogP contribution in [0.5, 0.6) is 0 Å². The summed E-state index contributed by atoms with van der Waals surface area (Å²) in [7, 11) is 0. The van der Waals surface area contributed by atoms with Crippen LogP contribution in [-0.2, 0) is 13.0 Å². The van der Waals surface area contributed by atoms with Gasteiger partial charge in [0, 0.05) is 47.1 Å². The molecule has 2 aromatic heterocycles. The van der Waals surface area contributed by atoms with Crippen LogP contribution >= 0.6 is 11.6 Å². The van der Waals surface area contributed by atoms with Gasteiger partial charge in [-0.1, -0.05) is 41.9 Å². The fourth-order valence-corrected chi connectivity index (χ4v) is 4.59. The molecule has 1 aliphatic heterocycles. The van der Waals surface area contributed by atoms with Gasteiger partial charge >= 0.3 is 0 Å². The Bertz CT molecular complexity index is 1130. The molecule has 1 atom stereocenters. The molecule has 0 bridgehead atoms. The summed E-state index contributed by atoms with van der Waals surface area (Å²) in [5.41, 5.74) is 7.67. The highest BCUT2D eigenvalue weighted by Gasteiger charge is 2.32. The molecule has 3 heterocycles. The predicted molar refractivity (Wildman–Crippen MR) is 115 cm³/mol. The average Bonchev–Trinajstić information content (AvgIpc) is 3.07. The largest absolute Gasteiger partial charge is 0.357 e. The number of halogens is 1. The number of nitrogens with one attached hydrogen (secondary N) is 1. The molecule has 1 aliphatic rings. The maximum atomic E-state index is 6.30. The third-order valence-corrected chi connectivity index (χ3v) is 6.03. The molecular formula is C24H22ClN3. The van der Waals surface area contributed by atoms with Gasteiger partial charge in [-0.25, -0.2) is 0 Å². The minimum Gasteiger partial charge on any atom is -0.357 e. The predicted octanol–water partition coefficient (Wildman–Crippen LogP) is 5.67. The Kier molecular flexibility index (Phi) is 4.42. The van der Waals surface area contributed by atoms with E-state index in [0.717, 1.165) is 30.0 Å². The van der Waals surface area contributed by atoms with Crippen LogP contribution < -0.4 is 0 Å². The van der Waals surface area contributed by atoms with Crippen LogP contribution in [-0.4, -0.2) is 21.4 Å². The number of aryl methyl sites for hydroxylation is 1. The number of hydrogen-bond acceptors (Lipinski definition) is 2. The number of benzene rings is 2. The van der Waals surface area contributed by atoms with Gasteiger partial charge in [-0.15, -0.1) is 0 Å². The zero-order valence-corrected chi connectivity index (χ0v) is 16.6. The number of H-pyrrole nitrogens is 1. The Morgan fingerprint density at radius 2 is 2.00 bits per heavy atom. The molecule has 0 amide bonds. The van der Waals surface area contributed by atoms with Crippen molar-refractivity contribution in [1.29, 1.82) is 0 Å². The van der Waals surface area contributed by atoms with Crippen LogP contribution in [0.15, 0.2) is 67.0 Å². The van der Waals surface area contributed by atoms with Crippen LogP contribution in [0, 0.1) is 6.92 Å². The molecule has 0 spiro atoms. The minimum atomic E-state index is 0.156. The smallest absolute Gasteiger partial charge is 0.0777 e. The number of hydrogen-bond donors (Lipinski definition) is 1. The van der Waals surface area contributed by atoms with E-state index in [9.17, 15) is 0 Å². The highest BCUT2D eigenvalue weighted by atomic mass is 35.5. The quantitative estimate of drug-likeness (QED) is 0.491. The maximum absolute atomic E-state index is 6.30. The van der Waals surface area contributed by atoms with Crippen LogP contribution in [0.4, 0.5) is 0 Å². The van der Waals surface area contributed by atoms with E-state index >= 15 is 0 Å². The molecule has 140 valence electrons. The summed E-state index contributed by atoms with van der Waals surface area (Å²) in [5.74, 6) is 0. The summed E-state index contributed by atoms with van der Waals surface area (Å²) in [5, 5.41) is 2.03. The second kappa shape index (κ2) is 7.08. The molecule has 0 saturated heterocycles. The average molecular weight is 388 g/mol. The van der Waals surface area contributed by atoms with Crippen LogP contribution in [0.2, 0.25) is 5.02 Å². The maximum Gasteiger partial charge on any atom is 0.0777 e. The van der Waals surface area contributed by atoms with Crippen molar-refractivity contribution < 1.29 is 0 Å². The lowest BCUT2D eigenvalue weighted by atomic mass is 9.91. The van der Waals surface area contributed by atoms with Gasteiger partial charge < -0.3 is 4.98 Å². The summed E-state index contributed by atoms with van der Waals surface area (Å²) >= 11 is 6.30. The number of aromatic amines is 1. The SMILES string of the molecule is Cc1ccncc1C1c2[nH]c3ccc(Cl)cc3c2CCN1Cc1ccccc1. The summed E-state index contributed by atoms with van der Waals surface area (Å²) in [6, 6.07) is 19.1. The molecule has 2 aromatic carbocycles. The fraction of sp³-hybridized carbons (Fsp3) is 0.208. The third-order valence-electron chi connectivity index (χ3n) is 5.79. The summed E-state index contributed by atoms with van der Waals surface area (Å²) in [4.78, 5) is 10.7. The van der Waals surface area contributed by atoms with Crippen LogP contribution in [0.3, 0.4) is 0 Å². The van der Waals surface area contributed by atoms with Gasteiger partial charge in [0.2, 0.25) is 0 Å². The first kappa shape index (κ1) is 17.5. The van der Waals surface area contributed by atoms with E-state index in [1.54, 1.807) is 0 Å². The van der Waals surface area contributed by atoms with Gasteiger partial charge in [0.05, 0.1) is 6.04 Å². The van der Waals surface area contributed by atoms with E-state index in [1.807, 2.05) is 18.5 Å². The van der Waals surface area contributed by atoms with Crippen molar-refractivity contribution in [3.63, 3.8) is 0 Å². The molecule has 4 heteroatoms. The van der Waals surface area contributed by atoms with Crippen molar-refractivity contribution in [3.05, 3.63) is 100.0 Å². The molecular weight excluding hydrogens is 366 g/mol. The van der Waals surface area contributed by atoms with Gasteiger partial charge in [0.25, 0.3) is 0 Å². The van der Waals surface area contributed by atoms with Crippen molar-refractivity contribution in [1.82, 2.24) is 14.9 Å². The first-order valence-electron chi connectivity index (χ1n) is 9.69. The normalized spacial score (nSPS) is 17.0. The fourth-order valence-electron chi connectivity index (χ4n) is 4.41. The first-order valence-corrected chi connectivity index (χ1v) is 10.1. The van der Waals surface area contributed by atoms with Crippen LogP contribution in [0.1, 0.15) is 34.0 Å². The lowest BCUT2D eigenvalue weighted by Crippen LogP contribution is -2.36. The summed E-state index contributed by atoms with van der Waals surface area (Å²) in [6.07, 6.45) is 4.90. The van der Waals surface area contributed by atoms with Crippen molar-refractivity contribution in [2.24, 2.45) is 0 Å². The van der Waals surface area contributed by atoms with E-state index in [0.29, 0.717) is 0 Å². The van der Waals surface area contributed by atoms with Crippen LogP contribution in [0.25, 0.3) is 10.9 Å². The number of pyridine rings is 1. The molecule has 1 unspecified atom stereocenters. The van der Waals surface area contributed by atoms with Crippen molar-refractivity contribution in [2.45, 2.75) is 25.9 Å². The van der Waals surface area contributed by atoms with E-state index in [-0.39, 0.29) is 6.04 Å². The second-order valence-corrected chi connectivity index (χ2v) is 7.98. The number of nitrogens with zero attached hydrogens (tertiary/aromatic N) is 2. The molecule has 0 fully saturated rings. The Hall–Kier alpha value is -2.62. The Balaban J connectivity index is 1.66. The van der Waals surface area contributed by atoms with E-state index in [1.165, 1.54) is 33.3 Å². The molecule has 3 nitrogen and oxygen atoms in total. The molecule has 5 rings (SSSR count). The Labute approximate surface area is 170 Å². The molecule has 4 aromatic rings. The summed E-state index contributed by atoms with van der Waals surface area (Å²) in [6.45, 7) is 4.08. The van der Waals surface area contributed by atoms with E-state index in [2.05, 4.69) is 70.3 Å². The monoisotopic (exact) mass is 387 g/mol. The second-order valence-electron chi connectivity index (χ2n) is 7.55. The molecule has 1 N–H and O–H groups in total. The Morgan fingerprint density at radius 1 is 1.14 bits per heavy atom. The summed E-state index contributed by atoms with van der Waals surface area (Å²) < 4.78 is 0. The standard InChI is InChI=1S/C24H22ClN3/c1-16-9-11-26-14-21(16)24-23-19(20-13-18(25)7-8-22(20)27-23)10-12-28(24)15-17-5-3-2-4-6-17/h2-9,11,13-14,24,27H,10,12,15H2,1H3. The molecule has 0 saturated carbocycles. The zero-order chi connectivity index (χ0) is 19.1. The van der Waals surface area contributed by atoms with Crippen molar-refractivity contribution in [3.8, 4) is 0 Å². The highest BCUT2D eigenvalue weighted by Crippen LogP contribution is 2.40. The lowest BCUT2D eigenvalue weighted by molar-refractivity contribution is 0.201. The number of aromatic nitrogens is 2. The topological polar surface area (TPSA) is 31.9 Å². The van der Waals surface area contributed by atoms with E-state index in [4.69, 9.17) is 11.6 Å². The zero-order valence-electron chi connectivity index (χ0n) is 15.8. The minimum absolute atomic E-state index is 0.156. The van der Waals surface area contributed by atoms with Crippen molar-refractivity contribution >= 4 is 22.5 Å². The van der Waals surface area contributed by atoms with Gasteiger partial charge in [0.1, 0.15) is 0 Å². The van der Waals surface area contributed by atoms with Crippen molar-refractivity contribution in [2.75, 3.05) is 6.54 Å². The Morgan fingerprint density at radius 3 is 2.82 bits per heavy atom. The highest BCUT2D eigenvalue weighted by molar-refractivity contribution is 6.31. The van der Waals surface area contributed by atoms with Gasteiger partial charge in [-0.2, -0.15) is 0 Å². The molecule has 28 heavy (non-hydrogen) atoms. The van der Waals surface area contributed by atoms with Gasteiger partial charge in [-0.3, -0.25) is 9.88 Å². The molecule has 0 radical (unpaired) electrons. The van der Waals surface area contributed by atoms with E-state index < -0.39 is 0 Å². The molecule has 0 aliphatic carbocycles.